The molecular formula is C7H14O6. The molecule has 6 nitrogen and oxygen atoms in total. The van der Waals surface area contributed by atoms with Gasteiger partial charge in [0.25, 0.3) is 0 Å². The van der Waals surface area contributed by atoms with E-state index in [0.717, 1.165) is 0 Å². The number of aliphatic hydroxyl groups excluding tert-OH is 4. The van der Waals surface area contributed by atoms with E-state index < -0.39 is 30.7 Å². The molecule has 5 atom stereocenters. The maximum atomic E-state index is 9.32. The maximum Gasteiger partial charge on any atom is 0.184 e. The van der Waals surface area contributed by atoms with E-state index in [0.29, 0.717) is 0 Å². The molecular weight excluding hydrogens is 180 g/mol. The van der Waals surface area contributed by atoms with Crippen molar-refractivity contribution < 1.29 is 29.9 Å². The molecule has 0 aromatic heterocycles. The molecule has 0 bridgehead atoms. The van der Waals surface area contributed by atoms with Crippen LogP contribution < -0.4 is 0 Å². The van der Waals surface area contributed by atoms with E-state index in [1.54, 1.807) is 0 Å². The third-order valence-electron chi connectivity index (χ3n) is 1.99. The zero-order valence-electron chi connectivity index (χ0n) is 7.20. The highest BCUT2D eigenvalue weighted by Gasteiger charge is 2.45. The molecule has 0 aromatic rings. The number of hydrogen-bond donors (Lipinski definition) is 4. The van der Waals surface area contributed by atoms with Crippen LogP contribution >= 0.6 is 0 Å². The van der Waals surface area contributed by atoms with E-state index in [2.05, 4.69) is 4.74 Å². The van der Waals surface area contributed by atoms with E-state index in [9.17, 15) is 10.2 Å². The molecule has 0 aliphatic carbocycles. The molecule has 13 heavy (non-hydrogen) atoms. The minimum absolute atomic E-state index is 0.0266. The second kappa shape index (κ2) is 4.32. The quantitative estimate of drug-likeness (QED) is 0.394. The zero-order valence-corrected chi connectivity index (χ0v) is 7.20. The molecule has 2 unspecified atom stereocenters. The minimum Gasteiger partial charge on any atom is -0.388 e. The lowest BCUT2D eigenvalue weighted by Gasteiger charge is -2.19. The predicted molar refractivity (Wildman–Crippen MR) is 40.8 cm³/mol. The summed E-state index contributed by atoms with van der Waals surface area (Å²) in [5, 5.41) is 36.6. The second-order valence-electron chi connectivity index (χ2n) is 3.00. The molecule has 1 heterocycles. The monoisotopic (exact) mass is 194 g/mol. The molecule has 0 aromatic carbocycles. The summed E-state index contributed by atoms with van der Waals surface area (Å²) in [5.74, 6) is 0. The van der Waals surface area contributed by atoms with Gasteiger partial charge in [0.1, 0.15) is 24.4 Å². The van der Waals surface area contributed by atoms with E-state index in [-0.39, 0.29) is 6.61 Å². The lowest BCUT2D eigenvalue weighted by molar-refractivity contribution is -0.151. The molecule has 0 amide bonds. The smallest absolute Gasteiger partial charge is 0.184 e. The first-order valence-corrected chi connectivity index (χ1v) is 3.94. The zero-order chi connectivity index (χ0) is 10.0. The van der Waals surface area contributed by atoms with Gasteiger partial charge in [0, 0.05) is 7.11 Å². The Bertz CT molecular complexity index is 163. The molecule has 0 spiro atoms. The number of rotatable bonds is 3. The van der Waals surface area contributed by atoms with Crippen LogP contribution in [0.15, 0.2) is 0 Å². The fourth-order valence-corrected chi connectivity index (χ4v) is 1.27. The maximum absolute atomic E-state index is 9.32. The van der Waals surface area contributed by atoms with Crippen LogP contribution in [0.3, 0.4) is 0 Å². The largest absolute Gasteiger partial charge is 0.388 e. The van der Waals surface area contributed by atoms with Gasteiger partial charge in [-0.2, -0.15) is 0 Å². The number of methoxy groups -OCH3 is 1. The van der Waals surface area contributed by atoms with E-state index in [4.69, 9.17) is 14.9 Å². The highest BCUT2D eigenvalue weighted by atomic mass is 16.7. The lowest BCUT2D eigenvalue weighted by atomic mass is 10.1. The van der Waals surface area contributed by atoms with Crippen LogP contribution in [0.2, 0.25) is 0 Å². The molecule has 1 aliphatic rings. The van der Waals surface area contributed by atoms with Crippen LogP contribution in [0.4, 0.5) is 0 Å². The van der Waals surface area contributed by atoms with Gasteiger partial charge >= 0.3 is 0 Å². The Balaban J connectivity index is 2.52. The van der Waals surface area contributed by atoms with Gasteiger partial charge in [0.05, 0.1) is 6.61 Å². The van der Waals surface area contributed by atoms with Gasteiger partial charge in [-0.3, -0.25) is 0 Å². The third-order valence-corrected chi connectivity index (χ3v) is 1.99. The molecule has 0 radical (unpaired) electrons. The summed E-state index contributed by atoms with van der Waals surface area (Å²) in [4.78, 5) is 0. The van der Waals surface area contributed by atoms with Gasteiger partial charge in [0.15, 0.2) is 6.29 Å². The summed E-state index contributed by atoms with van der Waals surface area (Å²) < 4.78 is 9.36. The summed E-state index contributed by atoms with van der Waals surface area (Å²) in [6, 6.07) is 0. The van der Waals surface area contributed by atoms with Crippen molar-refractivity contribution >= 4 is 0 Å². The van der Waals surface area contributed by atoms with Crippen LogP contribution in [0.25, 0.3) is 0 Å². The Morgan fingerprint density at radius 2 is 1.92 bits per heavy atom. The Morgan fingerprint density at radius 3 is 2.31 bits per heavy atom. The van der Waals surface area contributed by atoms with Crippen LogP contribution in [0.5, 0.6) is 0 Å². The van der Waals surface area contributed by atoms with Gasteiger partial charge in [-0.1, -0.05) is 0 Å². The molecule has 6 heteroatoms. The Labute approximate surface area is 75.3 Å². The summed E-state index contributed by atoms with van der Waals surface area (Å²) in [5.41, 5.74) is 0. The van der Waals surface area contributed by atoms with Crippen molar-refractivity contribution in [2.24, 2.45) is 0 Å². The molecule has 1 fully saturated rings. The van der Waals surface area contributed by atoms with Crippen molar-refractivity contribution in [3.05, 3.63) is 0 Å². The van der Waals surface area contributed by atoms with Gasteiger partial charge in [-0.25, -0.2) is 0 Å². The SMILES string of the molecule is COC[C@H](O)[C@@H]1OC(O)C(O)[C@H]1O. The van der Waals surface area contributed by atoms with E-state index in [1.807, 2.05) is 0 Å². The fraction of sp³-hybridized carbons (Fsp3) is 1.00. The molecule has 78 valence electrons. The molecule has 1 saturated heterocycles. The number of hydrogen-bond acceptors (Lipinski definition) is 6. The van der Waals surface area contributed by atoms with Crippen LogP contribution in [-0.2, 0) is 9.47 Å². The average molecular weight is 194 g/mol. The van der Waals surface area contributed by atoms with E-state index in [1.165, 1.54) is 7.11 Å². The fourth-order valence-electron chi connectivity index (χ4n) is 1.27. The van der Waals surface area contributed by atoms with Gasteiger partial charge in [-0.15, -0.1) is 0 Å². The van der Waals surface area contributed by atoms with Crippen LogP contribution in [0, 0.1) is 0 Å². The van der Waals surface area contributed by atoms with Crippen LogP contribution in [-0.4, -0.2) is 64.8 Å². The van der Waals surface area contributed by atoms with Crippen LogP contribution in [0.1, 0.15) is 0 Å². The second-order valence-corrected chi connectivity index (χ2v) is 3.00. The third kappa shape index (κ3) is 2.16. The van der Waals surface area contributed by atoms with Crippen molar-refractivity contribution in [3.63, 3.8) is 0 Å². The van der Waals surface area contributed by atoms with Crippen molar-refractivity contribution in [1.82, 2.24) is 0 Å². The topological polar surface area (TPSA) is 99.4 Å². The summed E-state index contributed by atoms with van der Waals surface area (Å²) in [6.07, 6.45) is -6.19. The van der Waals surface area contributed by atoms with Crippen molar-refractivity contribution in [2.75, 3.05) is 13.7 Å². The standard InChI is InChI=1S/C7H14O6/c1-12-2-3(8)6-4(9)5(10)7(11)13-6/h3-11H,2H2,1H3/t3-,4+,5?,6-,7?/m0/s1. The van der Waals surface area contributed by atoms with Gasteiger partial charge in [0.2, 0.25) is 0 Å². The lowest BCUT2D eigenvalue weighted by Crippen LogP contribution is -2.40. The summed E-state index contributed by atoms with van der Waals surface area (Å²) in [6.45, 7) is -0.0266. The molecule has 4 N–H and O–H groups in total. The van der Waals surface area contributed by atoms with E-state index >= 15 is 0 Å². The Hall–Kier alpha value is -0.240. The number of ether oxygens (including phenoxy) is 2. The first-order valence-electron chi connectivity index (χ1n) is 3.94. The molecule has 1 aliphatic heterocycles. The van der Waals surface area contributed by atoms with Crippen molar-refractivity contribution in [1.29, 1.82) is 0 Å². The van der Waals surface area contributed by atoms with Crippen molar-refractivity contribution in [3.8, 4) is 0 Å². The minimum atomic E-state index is -1.45. The van der Waals surface area contributed by atoms with Gasteiger partial charge in [-0.05, 0) is 0 Å². The average Bonchev–Trinajstić information content (AvgIpc) is 2.33. The first kappa shape index (κ1) is 10.8. The Morgan fingerprint density at radius 1 is 1.31 bits per heavy atom. The number of aliphatic hydroxyl groups is 4. The highest BCUT2D eigenvalue weighted by molar-refractivity contribution is 4.89. The molecule has 0 saturated carbocycles. The predicted octanol–water partition coefficient (Wildman–Crippen LogP) is -2.57. The van der Waals surface area contributed by atoms with Gasteiger partial charge < -0.3 is 29.9 Å². The molecule has 1 rings (SSSR count). The highest BCUT2D eigenvalue weighted by Crippen LogP contribution is 2.22. The Kier molecular flexibility index (Phi) is 3.60. The first-order chi connectivity index (χ1) is 6.07. The summed E-state index contributed by atoms with van der Waals surface area (Å²) in [7, 11) is 1.39. The van der Waals surface area contributed by atoms with Crippen molar-refractivity contribution in [2.45, 2.75) is 30.7 Å². The summed E-state index contributed by atoms with van der Waals surface area (Å²) >= 11 is 0. The normalized spacial score (nSPS) is 42.2.